The summed E-state index contributed by atoms with van der Waals surface area (Å²) in [7, 11) is -3.15. The standard InChI is InChI=1S/C19H16F2N4O2S/c1-28(26,27)9-11-2-5-17-15(6-11)22-10-24(17)19-23-16-7-13(20)14(21)8-18(16)25(19)12-3-4-12/h2,5-8,10,12H,3-4,9H2,1H3. The van der Waals surface area contributed by atoms with Crippen molar-refractivity contribution in [2.24, 2.45) is 0 Å². The van der Waals surface area contributed by atoms with Crippen LogP contribution in [-0.4, -0.2) is 33.8 Å². The smallest absolute Gasteiger partial charge is 0.216 e. The van der Waals surface area contributed by atoms with E-state index in [4.69, 9.17) is 0 Å². The van der Waals surface area contributed by atoms with Crippen LogP contribution < -0.4 is 0 Å². The average Bonchev–Trinajstić information content (AvgIpc) is 3.26. The molecule has 144 valence electrons. The molecule has 2 aromatic heterocycles. The first-order valence-electron chi connectivity index (χ1n) is 8.81. The molecule has 9 heteroatoms. The molecule has 28 heavy (non-hydrogen) atoms. The number of nitrogens with zero attached hydrogens (tertiary/aromatic N) is 4. The molecule has 6 nitrogen and oxygen atoms in total. The Kier molecular flexibility index (Phi) is 3.61. The Bertz CT molecular complexity index is 1350. The van der Waals surface area contributed by atoms with Gasteiger partial charge in [0, 0.05) is 24.4 Å². The van der Waals surface area contributed by atoms with Crippen molar-refractivity contribution in [3.63, 3.8) is 0 Å². The zero-order chi connectivity index (χ0) is 19.6. The van der Waals surface area contributed by atoms with Gasteiger partial charge in [-0.1, -0.05) is 6.07 Å². The fourth-order valence-corrected chi connectivity index (χ4v) is 4.34. The lowest BCUT2D eigenvalue weighted by atomic mass is 10.2. The molecule has 2 heterocycles. The molecule has 0 atom stereocenters. The molecule has 0 aliphatic heterocycles. The highest BCUT2D eigenvalue weighted by Gasteiger charge is 2.30. The average molecular weight is 402 g/mol. The van der Waals surface area contributed by atoms with Crippen molar-refractivity contribution < 1.29 is 17.2 Å². The number of halogens is 2. The molecule has 0 saturated heterocycles. The summed E-state index contributed by atoms with van der Waals surface area (Å²) in [4.78, 5) is 8.91. The maximum atomic E-state index is 13.8. The van der Waals surface area contributed by atoms with Gasteiger partial charge in [0.2, 0.25) is 5.95 Å². The number of hydrogen-bond donors (Lipinski definition) is 0. The van der Waals surface area contributed by atoms with E-state index in [0.29, 0.717) is 28.1 Å². The van der Waals surface area contributed by atoms with Crippen molar-refractivity contribution in [3.05, 3.63) is 53.9 Å². The summed E-state index contributed by atoms with van der Waals surface area (Å²) in [5.74, 6) is -1.35. The number of fused-ring (bicyclic) bond motifs is 2. The lowest BCUT2D eigenvalue weighted by Gasteiger charge is -2.09. The Labute approximate surface area is 159 Å². The third-order valence-electron chi connectivity index (χ3n) is 4.88. The van der Waals surface area contributed by atoms with Gasteiger partial charge in [-0.25, -0.2) is 27.2 Å². The van der Waals surface area contributed by atoms with Gasteiger partial charge in [-0.05, 0) is 30.5 Å². The largest absolute Gasteiger partial charge is 0.306 e. The van der Waals surface area contributed by atoms with Crippen LogP contribution in [0.5, 0.6) is 0 Å². The molecule has 1 aliphatic rings. The minimum absolute atomic E-state index is 0.0606. The first kappa shape index (κ1) is 17.3. The van der Waals surface area contributed by atoms with Crippen LogP contribution >= 0.6 is 0 Å². The molecule has 0 radical (unpaired) electrons. The van der Waals surface area contributed by atoms with Crippen LogP contribution in [0.4, 0.5) is 8.78 Å². The molecule has 1 saturated carbocycles. The lowest BCUT2D eigenvalue weighted by Crippen LogP contribution is -2.05. The Morgan fingerprint density at radius 1 is 1.07 bits per heavy atom. The van der Waals surface area contributed by atoms with E-state index in [-0.39, 0.29) is 11.8 Å². The first-order valence-corrected chi connectivity index (χ1v) is 10.9. The number of hydrogen-bond acceptors (Lipinski definition) is 4. The van der Waals surface area contributed by atoms with Gasteiger partial charge in [-0.15, -0.1) is 0 Å². The number of benzene rings is 2. The van der Waals surface area contributed by atoms with Gasteiger partial charge >= 0.3 is 0 Å². The summed E-state index contributed by atoms with van der Waals surface area (Å²) in [6.45, 7) is 0. The lowest BCUT2D eigenvalue weighted by molar-refractivity contribution is 0.510. The zero-order valence-electron chi connectivity index (χ0n) is 14.9. The predicted molar refractivity (Wildman–Crippen MR) is 101 cm³/mol. The van der Waals surface area contributed by atoms with Gasteiger partial charge in [0.25, 0.3) is 0 Å². The van der Waals surface area contributed by atoms with E-state index < -0.39 is 21.5 Å². The Morgan fingerprint density at radius 3 is 2.54 bits per heavy atom. The Balaban J connectivity index is 1.70. The summed E-state index contributed by atoms with van der Waals surface area (Å²) in [5, 5.41) is 0. The van der Waals surface area contributed by atoms with Crippen LogP contribution in [0.25, 0.3) is 28.0 Å². The number of aromatic nitrogens is 4. The molecule has 0 N–H and O–H groups in total. The van der Waals surface area contributed by atoms with Crippen molar-refractivity contribution in [3.8, 4) is 5.95 Å². The van der Waals surface area contributed by atoms with E-state index in [1.54, 1.807) is 29.1 Å². The Morgan fingerprint density at radius 2 is 1.82 bits per heavy atom. The maximum absolute atomic E-state index is 13.8. The normalized spacial score (nSPS) is 15.0. The second-order valence-corrected chi connectivity index (χ2v) is 9.42. The highest BCUT2D eigenvalue weighted by Crippen LogP contribution is 2.40. The molecule has 0 unspecified atom stereocenters. The van der Waals surface area contributed by atoms with Gasteiger partial charge in [0.1, 0.15) is 6.33 Å². The third-order valence-corrected chi connectivity index (χ3v) is 5.74. The second-order valence-electron chi connectivity index (χ2n) is 7.28. The van der Waals surface area contributed by atoms with Crippen LogP contribution in [0.1, 0.15) is 24.4 Å². The van der Waals surface area contributed by atoms with Gasteiger partial charge in [0.05, 0.1) is 27.8 Å². The van der Waals surface area contributed by atoms with E-state index in [2.05, 4.69) is 9.97 Å². The maximum Gasteiger partial charge on any atom is 0.216 e. The monoisotopic (exact) mass is 402 g/mol. The van der Waals surface area contributed by atoms with Crippen molar-refractivity contribution in [1.29, 1.82) is 0 Å². The molecular formula is C19H16F2N4O2S. The molecule has 0 bridgehead atoms. The molecule has 0 amide bonds. The van der Waals surface area contributed by atoms with Crippen LogP contribution in [0.3, 0.4) is 0 Å². The van der Waals surface area contributed by atoms with E-state index >= 15 is 0 Å². The van der Waals surface area contributed by atoms with Gasteiger partial charge < -0.3 is 4.57 Å². The quantitative estimate of drug-likeness (QED) is 0.524. The summed E-state index contributed by atoms with van der Waals surface area (Å²) < 4.78 is 54.3. The van der Waals surface area contributed by atoms with Gasteiger partial charge in [-0.3, -0.25) is 4.57 Å². The summed E-state index contributed by atoms with van der Waals surface area (Å²) in [6, 6.07) is 7.74. The fraction of sp³-hybridized carbons (Fsp3) is 0.263. The highest BCUT2D eigenvalue weighted by atomic mass is 32.2. The topological polar surface area (TPSA) is 69.8 Å². The summed E-state index contributed by atoms with van der Waals surface area (Å²) in [6.07, 6.45) is 4.68. The Hall–Kier alpha value is -2.81. The predicted octanol–water partition coefficient (Wildman–Crippen LogP) is 3.53. The third kappa shape index (κ3) is 2.86. The summed E-state index contributed by atoms with van der Waals surface area (Å²) in [5.41, 5.74) is 2.96. The van der Waals surface area contributed by atoms with Crippen LogP contribution in [0.2, 0.25) is 0 Å². The van der Waals surface area contributed by atoms with Crippen molar-refractivity contribution in [2.75, 3.05) is 6.26 Å². The number of sulfone groups is 1. The van der Waals surface area contributed by atoms with E-state index in [0.717, 1.165) is 24.4 Å². The highest BCUT2D eigenvalue weighted by molar-refractivity contribution is 7.89. The molecule has 5 rings (SSSR count). The molecule has 4 aromatic rings. The summed E-state index contributed by atoms with van der Waals surface area (Å²) >= 11 is 0. The van der Waals surface area contributed by atoms with Crippen LogP contribution in [0, 0.1) is 11.6 Å². The first-order chi connectivity index (χ1) is 13.3. The molecule has 2 aromatic carbocycles. The SMILES string of the molecule is CS(=O)(=O)Cc1ccc2c(c1)ncn2-c1nc2cc(F)c(F)cc2n1C1CC1. The van der Waals surface area contributed by atoms with E-state index in [1.165, 1.54) is 12.3 Å². The van der Waals surface area contributed by atoms with E-state index in [1.807, 2.05) is 4.57 Å². The number of imidazole rings is 2. The minimum atomic E-state index is -3.15. The molecular weight excluding hydrogens is 386 g/mol. The van der Waals surface area contributed by atoms with Crippen molar-refractivity contribution >= 4 is 31.9 Å². The van der Waals surface area contributed by atoms with E-state index in [9.17, 15) is 17.2 Å². The van der Waals surface area contributed by atoms with Crippen molar-refractivity contribution in [2.45, 2.75) is 24.6 Å². The number of rotatable bonds is 4. The second kappa shape index (κ2) is 5.84. The minimum Gasteiger partial charge on any atom is -0.306 e. The molecule has 1 fully saturated rings. The van der Waals surface area contributed by atoms with Crippen LogP contribution in [-0.2, 0) is 15.6 Å². The van der Waals surface area contributed by atoms with Gasteiger partial charge in [-0.2, -0.15) is 0 Å². The fourth-order valence-electron chi connectivity index (χ4n) is 3.55. The zero-order valence-corrected chi connectivity index (χ0v) is 15.7. The van der Waals surface area contributed by atoms with Crippen LogP contribution in [0.15, 0.2) is 36.7 Å². The van der Waals surface area contributed by atoms with Crippen molar-refractivity contribution in [1.82, 2.24) is 19.1 Å². The molecule has 0 spiro atoms. The molecule has 1 aliphatic carbocycles. The van der Waals surface area contributed by atoms with Gasteiger partial charge in [0.15, 0.2) is 21.5 Å².